The van der Waals surface area contributed by atoms with Gasteiger partial charge in [0.2, 0.25) is 11.8 Å². The number of benzene rings is 2. The van der Waals surface area contributed by atoms with Gasteiger partial charge in [-0.05, 0) is 37.3 Å². The van der Waals surface area contributed by atoms with Crippen LogP contribution in [0.5, 0.6) is 5.75 Å². The molecule has 0 fully saturated rings. The van der Waals surface area contributed by atoms with Crippen molar-refractivity contribution in [1.29, 1.82) is 0 Å². The number of para-hydroxylation sites is 1. The lowest BCUT2D eigenvalue weighted by Gasteiger charge is -2.28. The highest BCUT2D eigenvalue weighted by molar-refractivity contribution is 8.00. The number of thioether (sulfide) groups is 1. The average Bonchev–Trinajstić information content (AvgIpc) is 2.68. The minimum absolute atomic E-state index is 0.000684. The fourth-order valence-corrected chi connectivity index (χ4v) is 4.06. The van der Waals surface area contributed by atoms with Crippen LogP contribution in [0.25, 0.3) is 0 Å². The van der Waals surface area contributed by atoms with E-state index >= 15 is 0 Å². The zero-order valence-corrected chi connectivity index (χ0v) is 16.0. The van der Waals surface area contributed by atoms with Crippen molar-refractivity contribution in [2.75, 3.05) is 27.8 Å². The number of carbonyl (C=O) groups is 3. The number of nitrogens with zero attached hydrogens (tertiary/aromatic N) is 1. The summed E-state index contributed by atoms with van der Waals surface area (Å²) in [5, 5.41) is 5.56. The maximum Gasteiger partial charge on any atom is 0.265 e. The Kier molecular flexibility index (Phi) is 4.95. The van der Waals surface area contributed by atoms with Crippen molar-refractivity contribution >= 4 is 46.5 Å². The highest BCUT2D eigenvalue weighted by Gasteiger charge is 2.25. The standard InChI is InChI=1S/C20H19N3O4S/c1-12-20(26)22-14-10-13(6-7-16(14)27-12)21-18(24)8-9-23-15-4-2-3-5-17(15)28-11-19(23)25/h2-7,10,12H,8-9,11H2,1H3,(H,21,24)(H,22,26)/t12-/m1/s1. The van der Waals surface area contributed by atoms with Crippen LogP contribution in [0.15, 0.2) is 47.4 Å². The summed E-state index contributed by atoms with van der Waals surface area (Å²) in [5.74, 6) is 0.509. The van der Waals surface area contributed by atoms with Gasteiger partial charge in [0.05, 0.1) is 17.1 Å². The number of carbonyl (C=O) groups excluding carboxylic acids is 3. The molecule has 0 spiro atoms. The molecule has 3 amide bonds. The summed E-state index contributed by atoms with van der Waals surface area (Å²) in [6, 6.07) is 12.8. The van der Waals surface area contributed by atoms with E-state index in [1.54, 1.807) is 30.0 Å². The molecule has 2 aliphatic heterocycles. The minimum atomic E-state index is -0.545. The molecule has 0 saturated heterocycles. The highest BCUT2D eigenvalue weighted by atomic mass is 32.2. The predicted octanol–water partition coefficient (Wildman–Crippen LogP) is 2.87. The van der Waals surface area contributed by atoms with E-state index in [-0.39, 0.29) is 24.1 Å². The van der Waals surface area contributed by atoms with E-state index in [9.17, 15) is 14.4 Å². The molecule has 4 rings (SSSR count). The summed E-state index contributed by atoms with van der Waals surface area (Å²) in [4.78, 5) is 39.1. The first-order valence-corrected chi connectivity index (χ1v) is 9.93. The van der Waals surface area contributed by atoms with Crippen molar-refractivity contribution in [3.05, 3.63) is 42.5 Å². The van der Waals surface area contributed by atoms with Crippen LogP contribution in [0, 0.1) is 0 Å². The molecule has 2 N–H and O–H groups in total. The first-order valence-electron chi connectivity index (χ1n) is 8.95. The smallest absolute Gasteiger partial charge is 0.265 e. The number of rotatable bonds is 4. The highest BCUT2D eigenvalue weighted by Crippen LogP contribution is 2.35. The van der Waals surface area contributed by atoms with Crippen LogP contribution in [0.1, 0.15) is 13.3 Å². The van der Waals surface area contributed by atoms with Gasteiger partial charge in [0.15, 0.2) is 6.10 Å². The first-order chi connectivity index (χ1) is 13.5. The Balaban J connectivity index is 1.40. The number of anilines is 3. The van der Waals surface area contributed by atoms with Gasteiger partial charge in [-0.1, -0.05) is 12.1 Å². The quantitative estimate of drug-likeness (QED) is 0.828. The van der Waals surface area contributed by atoms with Gasteiger partial charge in [0.1, 0.15) is 5.75 Å². The number of amides is 3. The van der Waals surface area contributed by atoms with Gasteiger partial charge in [-0.15, -0.1) is 11.8 Å². The van der Waals surface area contributed by atoms with E-state index < -0.39 is 6.10 Å². The summed E-state index contributed by atoms with van der Waals surface area (Å²) < 4.78 is 5.51. The van der Waals surface area contributed by atoms with E-state index in [1.807, 2.05) is 24.3 Å². The third kappa shape index (κ3) is 3.68. The van der Waals surface area contributed by atoms with Crippen LogP contribution in [0.3, 0.4) is 0 Å². The topological polar surface area (TPSA) is 87.7 Å². The van der Waals surface area contributed by atoms with Gasteiger partial charge in [-0.3, -0.25) is 14.4 Å². The maximum atomic E-state index is 12.4. The fraction of sp³-hybridized carbons (Fsp3) is 0.250. The number of ether oxygens (including phenoxy) is 1. The van der Waals surface area contributed by atoms with Crippen LogP contribution < -0.4 is 20.3 Å². The Morgan fingerprint density at radius 2 is 2.11 bits per heavy atom. The van der Waals surface area contributed by atoms with Crippen LogP contribution >= 0.6 is 11.8 Å². The number of hydrogen-bond acceptors (Lipinski definition) is 5. The summed E-state index contributed by atoms with van der Waals surface area (Å²) in [6.45, 7) is 1.98. The Hall–Kier alpha value is -3.00. The molecule has 144 valence electrons. The van der Waals surface area contributed by atoms with Crippen molar-refractivity contribution in [2.45, 2.75) is 24.3 Å². The molecule has 0 unspecified atom stereocenters. The van der Waals surface area contributed by atoms with Gasteiger partial charge < -0.3 is 20.3 Å². The molecular weight excluding hydrogens is 378 g/mol. The van der Waals surface area contributed by atoms with Crippen molar-refractivity contribution in [2.24, 2.45) is 0 Å². The zero-order chi connectivity index (χ0) is 19.7. The second-order valence-corrected chi connectivity index (χ2v) is 7.58. The molecule has 8 heteroatoms. The molecule has 0 bridgehead atoms. The monoisotopic (exact) mass is 397 g/mol. The molecule has 1 atom stereocenters. The molecule has 0 radical (unpaired) electrons. The summed E-state index contributed by atoms with van der Waals surface area (Å²) in [5.41, 5.74) is 1.93. The summed E-state index contributed by atoms with van der Waals surface area (Å²) in [6.07, 6.45) is -0.377. The van der Waals surface area contributed by atoms with Crippen molar-refractivity contribution < 1.29 is 19.1 Å². The van der Waals surface area contributed by atoms with Gasteiger partial charge >= 0.3 is 0 Å². The molecular formula is C20H19N3O4S. The van der Waals surface area contributed by atoms with Crippen molar-refractivity contribution in [3.8, 4) is 5.75 Å². The summed E-state index contributed by atoms with van der Waals surface area (Å²) >= 11 is 1.51. The van der Waals surface area contributed by atoms with Gasteiger partial charge in [-0.2, -0.15) is 0 Å². The normalized spacial score (nSPS) is 17.9. The summed E-state index contributed by atoms with van der Waals surface area (Å²) in [7, 11) is 0. The largest absolute Gasteiger partial charge is 0.479 e. The predicted molar refractivity (Wildman–Crippen MR) is 108 cm³/mol. The maximum absolute atomic E-state index is 12.4. The molecule has 0 saturated carbocycles. The van der Waals surface area contributed by atoms with Crippen LogP contribution in [0.2, 0.25) is 0 Å². The Bertz CT molecular complexity index is 962. The van der Waals surface area contributed by atoms with E-state index in [0.29, 0.717) is 29.4 Å². The van der Waals surface area contributed by atoms with E-state index in [1.165, 1.54) is 11.8 Å². The third-order valence-corrected chi connectivity index (χ3v) is 5.61. The average molecular weight is 397 g/mol. The van der Waals surface area contributed by atoms with E-state index in [0.717, 1.165) is 10.6 Å². The Morgan fingerprint density at radius 3 is 2.96 bits per heavy atom. The number of hydrogen-bond donors (Lipinski definition) is 2. The number of fused-ring (bicyclic) bond motifs is 2. The van der Waals surface area contributed by atoms with Crippen LogP contribution in [-0.4, -0.2) is 36.1 Å². The second kappa shape index (κ2) is 7.55. The van der Waals surface area contributed by atoms with Crippen molar-refractivity contribution in [1.82, 2.24) is 0 Å². The molecule has 28 heavy (non-hydrogen) atoms. The zero-order valence-electron chi connectivity index (χ0n) is 15.2. The van der Waals surface area contributed by atoms with Gasteiger partial charge in [-0.25, -0.2) is 0 Å². The lowest BCUT2D eigenvalue weighted by atomic mass is 10.2. The van der Waals surface area contributed by atoms with Crippen LogP contribution in [0.4, 0.5) is 17.1 Å². The Morgan fingerprint density at radius 1 is 1.29 bits per heavy atom. The molecule has 2 heterocycles. The minimum Gasteiger partial charge on any atom is -0.479 e. The van der Waals surface area contributed by atoms with Gasteiger partial charge in [0, 0.05) is 23.5 Å². The van der Waals surface area contributed by atoms with E-state index in [4.69, 9.17) is 4.74 Å². The fourth-order valence-electron chi connectivity index (χ4n) is 3.12. The first kappa shape index (κ1) is 18.4. The molecule has 2 aromatic rings. The molecule has 0 aliphatic carbocycles. The van der Waals surface area contributed by atoms with Gasteiger partial charge in [0.25, 0.3) is 5.91 Å². The third-order valence-electron chi connectivity index (χ3n) is 4.56. The second-order valence-electron chi connectivity index (χ2n) is 6.56. The number of nitrogens with one attached hydrogen (secondary N) is 2. The Labute approximate surface area is 166 Å². The molecule has 2 aromatic carbocycles. The van der Waals surface area contributed by atoms with Crippen LogP contribution in [-0.2, 0) is 14.4 Å². The molecule has 2 aliphatic rings. The van der Waals surface area contributed by atoms with Crippen molar-refractivity contribution in [3.63, 3.8) is 0 Å². The lowest BCUT2D eigenvalue weighted by Crippen LogP contribution is -2.37. The SMILES string of the molecule is C[C@H]1Oc2ccc(NC(=O)CCN3C(=O)CSc4ccccc43)cc2NC1=O. The lowest BCUT2D eigenvalue weighted by molar-refractivity contribution is -0.122. The molecule has 0 aromatic heterocycles. The van der Waals surface area contributed by atoms with E-state index in [2.05, 4.69) is 10.6 Å². The molecule has 7 nitrogen and oxygen atoms in total.